The fourth-order valence-electron chi connectivity index (χ4n) is 4.76. The van der Waals surface area contributed by atoms with Crippen LogP contribution in [0.4, 0.5) is 9.59 Å². The third-order valence-corrected chi connectivity index (χ3v) is 6.69. The number of hydrogen-bond donors (Lipinski definition) is 4. The Hall–Kier alpha value is -2.07. The standard InChI is InChI=1S/C24H37ClN4O5/c25-19-7-3-5-17(13-19)22(34-12-9-27-24(31)32)18-6-4-10-29(16-18)23(30)28-20(15-26)14-21-8-1-2-11-33-21/h3,5,7,13,18,20-22,27H,1-2,4,6,8-12,14-16,26H2,(H,28,30)(H,31,32)/t18-,20+,21?,22+/m1/s1. The first kappa shape index (κ1) is 26.5. The van der Waals surface area contributed by atoms with Gasteiger partial charge < -0.3 is 35.8 Å². The van der Waals surface area contributed by atoms with Gasteiger partial charge in [0.25, 0.3) is 0 Å². The average molecular weight is 497 g/mol. The van der Waals surface area contributed by atoms with Crippen LogP contribution in [0, 0.1) is 5.92 Å². The highest BCUT2D eigenvalue weighted by atomic mass is 35.5. The van der Waals surface area contributed by atoms with Crippen LogP contribution in [-0.2, 0) is 9.47 Å². The van der Waals surface area contributed by atoms with Crippen molar-refractivity contribution in [1.29, 1.82) is 0 Å². The van der Waals surface area contributed by atoms with Crippen LogP contribution in [0.3, 0.4) is 0 Å². The van der Waals surface area contributed by atoms with Crippen molar-refractivity contribution >= 4 is 23.7 Å². The highest BCUT2D eigenvalue weighted by Gasteiger charge is 2.32. The minimum absolute atomic E-state index is 0.0563. The van der Waals surface area contributed by atoms with E-state index in [-0.39, 0.29) is 43.4 Å². The summed E-state index contributed by atoms with van der Waals surface area (Å²) in [6.07, 6.45) is 4.48. The summed E-state index contributed by atoms with van der Waals surface area (Å²) in [4.78, 5) is 25.7. The van der Waals surface area contributed by atoms with E-state index in [2.05, 4.69) is 10.6 Å². The fraction of sp³-hybridized carbons (Fsp3) is 0.667. The van der Waals surface area contributed by atoms with Gasteiger partial charge in [-0.15, -0.1) is 0 Å². The molecule has 0 bridgehead atoms. The van der Waals surface area contributed by atoms with Crippen molar-refractivity contribution < 1.29 is 24.2 Å². The Labute approximate surface area is 206 Å². The van der Waals surface area contributed by atoms with Crippen LogP contribution in [0.15, 0.2) is 24.3 Å². The number of ether oxygens (including phenoxy) is 2. The molecule has 190 valence electrons. The van der Waals surface area contributed by atoms with Crippen LogP contribution in [0.25, 0.3) is 0 Å². The van der Waals surface area contributed by atoms with Crippen LogP contribution in [0.5, 0.6) is 0 Å². The SMILES string of the molecule is NC[C@H](CC1CCCCO1)NC(=O)N1CCC[C@@H]([C@@H](OCCNC(=O)O)c2cccc(Cl)c2)C1. The average Bonchev–Trinajstić information content (AvgIpc) is 2.84. The lowest BCUT2D eigenvalue weighted by molar-refractivity contribution is -0.00913. The number of amides is 3. The van der Waals surface area contributed by atoms with Gasteiger partial charge in [0.1, 0.15) is 0 Å². The van der Waals surface area contributed by atoms with Crippen molar-refractivity contribution in [2.45, 2.75) is 56.8 Å². The number of carbonyl (C=O) groups is 2. The van der Waals surface area contributed by atoms with Crippen LogP contribution in [-0.4, -0.2) is 73.7 Å². The molecule has 0 aromatic heterocycles. The molecule has 0 aliphatic carbocycles. The number of benzene rings is 1. The van der Waals surface area contributed by atoms with E-state index in [0.717, 1.165) is 50.7 Å². The number of urea groups is 1. The molecule has 2 saturated heterocycles. The van der Waals surface area contributed by atoms with Gasteiger partial charge in [-0.25, -0.2) is 9.59 Å². The van der Waals surface area contributed by atoms with E-state index < -0.39 is 6.09 Å². The van der Waals surface area contributed by atoms with Gasteiger partial charge >= 0.3 is 12.1 Å². The highest BCUT2D eigenvalue weighted by molar-refractivity contribution is 6.30. The number of rotatable bonds is 10. The number of piperidine rings is 1. The second-order valence-corrected chi connectivity index (χ2v) is 9.47. The van der Waals surface area contributed by atoms with Gasteiger partial charge in [-0.05, 0) is 56.2 Å². The van der Waals surface area contributed by atoms with E-state index in [1.165, 1.54) is 0 Å². The molecule has 1 unspecified atom stereocenters. The summed E-state index contributed by atoms with van der Waals surface area (Å²) >= 11 is 6.22. The Balaban J connectivity index is 1.61. The zero-order valence-electron chi connectivity index (χ0n) is 19.6. The van der Waals surface area contributed by atoms with Crippen molar-refractivity contribution in [1.82, 2.24) is 15.5 Å². The largest absolute Gasteiger partial charge is 0.465 e. The molecule has 2 fully saturated rings. The van der Waals surface area contributed by atoms with E-state index in [1.54, 1.807) is 6.07 Å². The smallest absolute Gasteiger partial charge is 0.404 e. The van der Waals surface area contributed by atoms with E-state index >= 15 is 0 Å². The summed E-state index contributed by atoms with van der Waals surface area (Å²) in [5.74, 6) is 0.0563. The van der Waals surface area contributed by atoms with E-state index in [1.807, 2.05) is 23.1 Å². The molecular formula is C24H37ClN4O5. The number of nitrogens with zero attached hydrogens (tertiary/aromatic N) is 1. The first-order chi connectivity index (χ1) is 16.5. The first-order valence-electron chi connectivity index (χ1n) is 12.2. The molecule has 3 rings (SSSR count). The quantitative estimate of drug-likeness (QED) is 0.368. The zero-order valence-corrected chi connectivity index (χ0v) is 20.3. The summed E-state index contributed by atoms with van der Waals surface area (Å²) in [6, 6.07) is 7.25. The third-order valence-electron chi connectivity index (χ3n) is 6.46. The lowest BCUT2D eigenvalue weighted by Crippen LogP contribution is -2.52. The molecule has 2 aliphatic heterocycles. The zero-order chi connectivity index (χ0) is 24.3. The molecule has 5 N–H and O–H groups in total. The van der Waals surface area contributed by atoms with Crippen LogP contribution in [0.1, 0.15) is 50.2 Å². The predicted octanol–water partition coefficient (Wildman–Crippen LogP) is 3.37. The van der Waals surface area contributed by atoms with Crippen LogP contribution in [0.2, 0.25) is 5.02 Å². The topological polar surface area (TPSA) is 126 Å². The number of carbonyl (C=O) groups excluding carboxylic acids is 1. The molecule has 4 atom stereocenters. The lowest BCUT2D eigenvalue weighted by atomic mass is 9.88. The minimum Gasteiger partial charge on any atom is -0.465 e. The van der Waals surface area contributed by atoms with Crippen molar-refractivity contribution in [3.63, 3.8) is 0 Å². The van der Waals surface area contributed by atoms with E-state index in [0.29, 0.717) is 24.7 Å². The Bertz CT molecular complexity index is 792. The predicted molar refractivity (Wildman–Crippen MR) is 130 cm³/mol. The second kappa shape index (κ2) is 13.7. The highest BCUT2D eigenvalue weighted by Crippen LogP contribution is 2.34. The van der Waals surface area contributed by atoms with Crippen molar-refractivity contribution in [3.05, 3.63) is 34.9 Å². The summed E-state index contributed by atoms with van der Waals surface area (Å²) < 4.78 is 11.9. The fourth-order valence-corrected chi connectivity index (χ4v) is 4.96. The van der Waals surface area contributed by atoms with Gasteiger partial charge in [0.05, 0.1) is 18.8 Å². The van der Waals surface area contributed by atoms with Gasteiger partial charge in [-0.1, -0.05) is 23.7 Å². The number of nitrogens with one attached hydrogen (secondary N) is 2. The Morgan fingerprint density at radius 2 is 2.15 bits per heavy atom. The number of halogens is 1. The molecule has 2 aliphatic rings. The minimum atomic E-state index is -1.09. The molecule has 1 aromatic carbocycles. The van der Waals surface area contributed by atoms with Crippen molar-refractivity contribution in [2.75, 3.05) is 39.4 Å². The van der Waals surface area contributed by atoms with E-state index in [4.69, 9.17) is 31.9 Å². The van der Waals surface area contributed by atoms with Gasteiger partial charge in [0, 0.05) is 49.8 Å². The molecule has 34 heavy (non-hydrogen) atoms. The maximum Gasteiger partial charge on any atom is 0.404 e. The van der Waals surface area contributed by atoms with Gasteiger partial charge in [0.15, 0.2) is 0 Å². The van der Waals surface area contributed by atoms with Gasteiger partial charge in [-0.3, -0.25) is 0 Å². The monoisotopic (exact) mass is 496 g/mol. The second-order valence-electron chi connectivity index (χ2n) is 9.03. The summed E-state index contributed by atoms with van der Waals surface area (Å²) in [5, 5.41) is 14.9. The molecule has 10 heteroatoms. The Morgan fingerprint density at radius 3 is 2.85 bits per heavy atom. The first-order valence-corrected chi connectivity index (χ1v) is 12.5. The molecule has 1 aromatic rings. The molecule has 0 radical (unpaired) electrons. The summed E-state index contributed by atoms with van der Waals surface area (Å²) in [6.45, 7) is 2.76. The number of hydrogen-bond acceptors (Lipinski definition) is 5. The lowest BCUT2D eigenvalue weighted by Gasteiger charge is -2.38. The van der Waals surface area contributed by atoms with E-state index in [9.17, 15) is 9.59 Å². The van der Waals surface area contributed by atoms with Gasteiger partial charge in [0.2, 0.25) is 0 Å². The van der Waals surface area contributed by atoms with Crippen LogP contribution < -0.4 is 16.4 Å². The molecule has 9 nitrogen and oxygen atoms in total. The van der Waals surface area contributed by atoms with Crippen molar-refractivity contribution in [2.24, 2.45) is 11.7 Å². The Morgan fingerprint density at radius 1 is 1.29 bits per heavy atom. The molecule has 2 heterocycles. The summed E-state index contributed by atoms with van der Waals surface area (Å²) in [5.41, 5.74) is 6.87. The third kappa shape index (κ3) is 8.30. The molecule has 3 amide bonds. The van der Waals surface area contributed by atoms with Gasteiger partial charge in [-0.2, -0.15) is 0 Å². The Kier molecular flexibility index (Phi) is 10.7. The molecular weight excluding hydrogens is 460 g/mol. The molecule has 0 saturated carbocycles. The maximum absolute atomic E-state index is 13.1. The molecule has 0 spiro atoms. The van der Waals surface area contributed by atoms with Crippen LogP contribution >= 0.6 is 11.6 Å². The van der Waals surface area contributed by atoms with Crippen molar-refractivity contribution in [3.8, 4) is 0 Å². The number of carboxylic acid groups (broad SMARTS) is 1. The summed E-state index contributed by atoms with van der Waals surface area (Å²) in [7, 11) is 0. The normalized spacial score (nSPS) is 22.6. The maximum atomic E-state index is 13.1. The number of likely N-dealkylation sites (tertiary alicyclic amines) is 1. The number of nitrogens with two attached hydrogens (primary N) is 1.